The molecule has 0 atom stereocenters. The van der Waals surface area contributed by atoms with Crippen molar-refractivity contribution in [3.05, 3.63) is 58.9 Å². The van der Waals surface area contributed by atoms with Gasteiger partial charge >= 0.3 is 0 Å². The lowest BCUT2D eigenvalue weighted by atomic mass is 10.1. The maximum atomic E-state index is 13.5. The van der Waals surface area contributed by atoms with Gasteiger partial charge in [-0.05, 0) is 49.2 Å². The standard InChI is InChI=1S/C15H15FO2/c1-10-6-7-12(8-11(10)2)18-15-5-3-4-14(16)13(15)9-17/h3-8,17H,9H2,1-2H3. The Labute approximate surface area is 106 Å². The first kappa shape index (κ1) is 12.6. The number of aryl methyl sites for hydroxylation is 2. The molecule has 0 aliphatic carbocycles. The quantitative estimate of drug-likeness (QED) is 0.894. The fourth-order valence-corrected chi connectivity index (χ4v) is 1.69. The molecular weight excluding hydrogens is 231 g/mol. The Balaban J connectivity index is 2.34. The second-order valence-electron chi connectivity index (χ2n) is 4.22. The molecule has 2 aromatic rings. The van der Waals surface area contributed by atoms with E-state index >= 15 is 0 Å². The summed E-state index contributed by atoms with van der Waals surface area (Å²) < 4.78 is 19.1. The summed E-state index contributed by atoms with van der Waals surface area (Å²) in [6, 6.07) is 10.2. The van der Waals surface area contributed by atoms with Crippen molar-refractivity contribution in [2.24, 2.45) is 0 Å². The van der Waals surface area contributed by atoms with E-state index in [2.05, 4.69) is 0 Å². The zero-order chi connectivity index (χ0) is 13.1. The van der Waals surface area contributed by atoms with Gasteiger partial charge < -0.3 is 9.84 Å². The molecule has 0 amide bonds. The summed E-state index contributed by atoms with van der Waals surface area (Å²) >= 11 is 0. The van der Waals surface area contributed by atoms with E-state index in [1.165, 1.54) is 11.6 Å². The van der Waals surface area contributed by atoms with Crippen molar-refractivity contribution in [3.63, 3.8) is 0 Å². The van der Waals surface area contributed by atoms with E-state index < -0.39 is 5.82 Å². The zero-order valence-electron chi connectivity index (χ0n) is 10.4. The van der Waals surface area contributed by atoms with Gasteiger partial charge in [-0.2, -0.15) is 0 Å². The van der Waals surface area contributed by atoms with Crippen molar-refractivity contribution in [3.8, 4) is 11.5 Å². The van der Waals surface area contributed by atoms with E-state index in [0.717, 1.165) is 5.56 Å². The molecular formula is C15H15FO2. The second kappa shape index (κ2) is 5.19. The van der Waals surface area contributed by atoms with Crippen molar-refractivity contribution in [1.29, 1.82) is 0 Å². The Hall–Kier alpha value is -1.87. The third-order valence-electron chi connectivity index (χ3n) is 2.94. The molecule has 0 fully saturated rings. The number of halogens is 1. The van der Waals surface area contributed by atoms with Crippen LogP contribution in [0.25, 0.3) is 0 Å². The highest BCUT2D eigenvalue weighted by Crippen LogP contribution is 2.28. The molecule has 0 aromatic heterocycles. The number of aliphatic hydroxyl groups excluding tert-OH is 1. The van der Waals surface area contributed by atoms with Crippen molar-refractivity contribution >= 4 is 0 Å². The average molecular weight is 246 g/mol. The lowest BCUT2D eigenvalue weighted by molar-refractivity contribution is 0.270. The predicted molar refractivity (Wildman–Crippen MR) is 68.3 cm³/mol. The second-order valence-corrected chi connectivity index (χ2v) is 4.22. The van der Waals surface area contributed by atoms with Crippen LogP contribution >= 0.6 is 0 Å². The van der Waals surface area contributed by atoms with Crippen LogP contribution in [0.2, 0.25) is 0 Å². The minimum Gasteiger partial charge on any atom is -0.457 e. The summed E-state index contributed by atoms with van der Waals surface area (Å²) in [5.74, 6) is 0.526. The Morgan fingerprint density at radius 2 is 1.89 bits per heavy atom. The van der Waals surface area contributed by atoms with E-state index in [1.54, 1.807) is 12.1 Å². The first-order chi connectivity index (χ1) is 8.61. The molecule has 0 saturated carbocycles. The first-order valence-electron chi connectivity index (χ1n) is 5.75. The number of rotatable bonds is 3. The van der Waals surface area contributed by atoms with Gasteiger partial charge in [0.25, 0.3) is 0 Å². The van der Waals surface area contributed by atoms with E-state index in [0.29, 0.717) is 11.5 Å². The zero-order valence-corrected chi connectivity index (χ0v) is 10.4. The fraction of sp³-hybridized carbons (Fsp3) is 0.200. The summed E-state index contributed by atoms with van der Waals surface area (Å²) in [5.41, 5.74) is 2.45. The van der Waals surface area contributed by atoms with Gasteiger partial charge in [0, 0.05) is 0 Å². The Morgan fingerprint density at radius 1 is 1.11 bits per heavy atom. The lowest BCUT2D eigenvalue weighted by Crippen LogP contribution is -1.95. The van der Waals surface area contributed by atoms with Crippen LogP contribution in [-0.2, 0) is 6.61 Å². The Morgan fingerprint density at radius 3 is 2.56 bits per heavy atom. The van der Waals surface area contributed by atoms with Crippen molar-refractivity contribution in [2.75, 3.05) is 0 Å². The van der Waals surface area contributed by atoms with Crippen LogP contribution in [0.3, 0.4) is 0 Å². The molecule has 2 nitrogen and oxygen atoms in total. The van der Waals surface area contributed by atoms with Gasteiger partial charge in [-0.1, -0.05) is 12.1 Å². The molecule has 94 valence electrons. The summed E-state index contributed by atoms with van der Waals surface area (Å²) in [6.07, 6.45) is 0. The Kier molecular flexibility index (Phi) is 3.63. The molecule has 0 aliphatic rings. The van der Waals surface area contributed by atoms with E-state index in [1.807, 2.05) is 32.0 Å². The predicted octanol–water partition coefficient (Wildman–Crippen LogP) is 3.73. The lowest BCUT2D eigenvalue weighted by Gasteiger charge is -2.11. The van der Waals surface area contributed by atoms with Crippen molar-refractivity contribution in [1.82, 2.24) is 0 Å². The van der Waals surface area contributed by atoms with Crippen LogP contribution in [0.5, 0.6) is 11.5 Å². The van der Waals surface area contributed by atoms with Gasteiger partial charge in [-0.15, -0.1) is 0 Å². The Bertz CT molecular complexity index is 564. The smallest absolute Gasteiger partial charge is 0.135 e. The molecule has 18 heavy (non-hydrogen) atoms. The van der Waals surface area contributed by atoms with Gasteiger partial charge in [0.1, 0.15) is 17.3 Å². The normalized spacial score (nSPS) is 10.4. The molecule has 0 unspecified atom stereocenters. The minimum atomic E-state index is -0.459. The monoisotopic (exact) mass is 246 g/mol. The molecule has 0 aliphatic heterocycles. The van der Waals surface area contributed by atoms with Crippen LogP contribution in [-0.4, -0.2) is 5.11 Å². The highest BCUT2D eigenvalue weighted by molar-refractivity contribution is 5.40. The van der Waals surface area contributed by atoms with E-state index in [9.17, 15) is 4.39 Å². The van der Waals surface area contributed by atoms with Gasteiger partial charge in [0.05, 0.1) is 12.2 Å². The molecule has 0 heterocycles. The number of benzene rings is 2. The molecule has 0 bridgehead atoms. The third kappa shape index (κ3) is 2.51. The summed E-state index contributed by atoms with van der Waals surface area (Å²) in [4.78, 5) is 0. The molecule has 2 rings (SSSR count). The minimum absolute atomic E-state index is 0.177. The summed E-state index contributed by atoms with van der Waals surface area (Å²) in [5, 5.41) is 9.16. The SMILES string of the molecule is Cc1ccc(Oc2cccc(F)c2CO)cc1C. The average Bonchev–Trinajstić information content (AvgIpc) is 2.34. The van der Waals surface area contributed by atoms with Crippen LogP contribution in [0.1, 0.15) is 16.7 Å². The van der Waals surface area contributed by atoms with Gasteiger partial charge in [-0.3, -0.25) is 0 Å². The van der Waals surface area contributed by atoms with Crippen molar-refractivity contribution in [2.45, 2.75) is 20.5 Å². The first-order valence-corrected chi connectivity index (χ1v) is 5.75. The highest BCUT2D eigenvalue weighted by atomic mass is 19.1. The topological polar surface area (TPSA) is 29.5 Å². The largest absolute Gasteiger partial charge is 0.457 e. The summed E-state index contributed by atoms with van der Waals surface area (Å²) in [7, 11) is 0. The maximum Gasteiger partial charge on any atom is 0.135 e. The van der Waals surface area contributed by atoms with Gasteiger partial charge in [0.2, 0.25) is 0 Å². The van der Waals surface area contributed by atoms with E-state index in [-0.39, 0.29) is 12.2 Å². The number of hydrogen-bond acceptors (Lipinski definition) is 2. The van der Waals surface area contributed by atoms with Crippen LogP contribution < -0.4 is 4.74 Å². The molecule has 3 heteroatoms. The third-order valence-corrected chi connectivity index (χ3v) is 2.94. The van der Waals surface area contributed by atoms with E-state index in [4.69, 9.17) is 9.84 Å². The molecule has 1 N–H and O–H groups in total. The number of ether oxygens (including phenoxy) is 1. The number of hydrogen-bond donors (Lipinski definition) is 1. The van der Waals surface area contributed by atoms with Crippen LogP contribution in [0, 0.1) is 19.7 Å². The van der Waals surface area contributed by atoms with Gasteiger partial charge in [0.15, 0.2) is 0 Å². The molecule has 0 radical (unpaired) electrons. The van der Waals surface area contributed by atoms with Crippen LogP contribution in [0.4, 0.5) is 4.39 Å². The van der Waals surface area contributed by atoms with Crippen LogP contribution in [0.15, 0.2) is 36.4 Å². The molecule has 0 spiro atoms. The van der Waals surface area contributed by atoms with Crippen molar-refractivity contribution < 1.29 is 14.2 Å². The molecule has 0 saturated heterocycles. The van der Waals surface area contributed by atoms with Gasteiger partial charge in [-0.25, -0.2) is 4.39 Å². The fourth-order valence-electron chi connectivity index (χ4n) is 1.69. The maximum absolute atomic E-state index is 13.5. The number of aliphatic hydroxyl groups is 1. The summed E-state index contributed by atoms with van der Waals surface area (Å²) in [6.45, 7) is 3.62. The molecule has 2 aromatic carbocycles. The highest BCUT2D eigenvalue weighted by Gasteiger charge is 2.09.